The molecule has 10 atom stereocenters. The van der Waals surface area contributed by atoms with E-state index in [1.807, 2.05) is 20.8 Å². The monoisotopic (exact) mass is 476 g/mol. The summed E-state index contributed by atoms with van der Waals surface area (Å²) >= 11 is 0. The van der Waals surface area contributed by atoms with Gasteiger partial charge in [-0.05, 0) is 85.4 Å². The Morgan fingerprint density at radius 3 is 2.29 bits per heavy atom. The van der Waals surface area contributed by atoms with Gasteiger partial charge >= 0.3 is 0 Å². The highest BCUT2D eigenvalue weighted by atomic mass is 16.3. The van der Waals surface area contributed by atoms with Crippen LogP contribution in [0.4, 0.5) is 0 Å². The highest BCUT2D eigenvalue weighted by Gasteiger charge is 2.73. The van der Waals surface area contributed by atoms with E-state index in [2.05, 4.69) is 34.6 Å². The van der Waals surface area contributed by atoms with E-state index in [0.29, 0.717) is 18.8 Å². The summed E-state index contributed by atoms with van der Waals surface area (Å²) in [5, 5.41) is 35.1. The number of rotatable bonds is 5. The van der Waals surface area contributed by atoms with Gasteiger partial charge < -0.3 is 15.3 Å². The number of aliphatic hydroxyl groups excluding tert-OH is 2. The molecule has 3 N–H and O–H groups in total. The van der Waals surface area contributed by atoms with Gasteiger partial charge in [0.25, 0.3) is 0 Å². The summed E-state index contributed by atoms with van der Waals surface area (Å²) in [7, 11) is 0. The van der Waals surface area contributed by atoms with E-state index in [4.69, 9.17) is 0 Å². The third kappa shape index (κ3) is 3.59. The van der Waals surface area contributed by atoms with Crippen LogP contribution in [0.5, 0.6) is 0 Å². The number of ketones is 1. The lowest BCUT2D eigenvalue weighted by Gasteiger charge is -2.70. The average Bonchev–Trinajstić information content (AvgIpc) is 3.07. The SMILES string of the molecule is CC(C)CCC[C@](C)(O)[C@H]1CC[C@]2(C)[C@@H]1[C@H](O)C[C@@H]1[C@@]3(C)CCC(=O)C(C)(C)[C@@H]3[C@@H](O)C[C@]12C. The smallest absolute Gasteiger partial charge is 0.138 e. The number of carbonyl (C=O) groups excluding carboxylic acids is 1. The van der Waals surface area contributed by atoms with Crippen molar-refractivity contribution in [2.75, 3.05) is 0 Å². The highest BCUT2D eigenvalue weighted by Crippen LogP contribution is 2.75. The quantitative estimate of drug-likeness (QED) is 0.471. The molecule has 0 aromatic rings. The molecule has 34 heavy (non-hydrogen) atoms. The van der Waals surface area contributed by atoms with Crippen molar-refractivity contribution in [3.63, 3.8) is 0 Å². The summed E-state index contributed by atoms with van der Waals surface area (Å²) in [5.41, 5.74) is -1.74. The third-order valence-corrected chi connectivity index (χ3v) is 12.3. The van der Waals surface area contributed by atoms with Gasteiger partial charge in [-0.15, -0.1) is 0 Å². The van der Waals surface area contributed by atoms with Gasteiger partial charge in [0.2, 0.25) is 0 Å². The van der Waals surface area contributed by atoms with Crippen LogP contribution in [0.25, 0.3) is 0 Å². The van der Waals surface area contributed by atoms with Crippen molar-refractivity contribution in [1.82, 2.24) is 0 Å². The van der Waals surface area contributed by atoms with Crippen LogP contribution in [0.15, 0.2) is 0 Å². The van der Waals surface area contributed by atoms with E-state index < -0.39 is 23.2 Å². The lowest BCUT2D eigenvalue weighted by Crippen LogP contribution is -2.69. The Kier molecular flexibility index (Phi) is 6.48. The molecule has 0 radical (unpaired) electrons. The molecule has 4 saturated carbocycles. The number of fused-ring (bicyclic) bond motifs is 5. The van der Waals surface area contributed by atoms with Crippen molar-refractivity contribution in [2.24, 2.45) is 51.2 Å². The van der Waals surface area contributed by atoms with Crippen LogP contribution in [-0.2, 0) is 4.79 Å². The number of hydrogen-bond donors (Lipinski definition) is 3. The van der Waals surface area contributed by atoms with Gasteiger partial charge in [0.1, 0.15) is 5.78 Å². The molecule has 4 aliphatic rings. The van der Waals surface area contributed by atoms with Gasteiger partial charge in [-0.3, -0.25) is 4.79 Å². The van der Waals surface area contributed by atoms with E-state index in [9.17, 15) is 20.1 Å². The normalized spacial score (nSPS) is 49.8. The minimum absolute atomic E-state index is 0.0494. The van der Waals surface area contributed by atoms with E-state index in [0.717, 1.165) is 44.9 Å². The molecule has 4 rings (SSSR count). The molecular weight excluding hydrogens is 424 g/mol. The predicted octanol–water partition coefficient (Wildman–Crippen LogP) is 5.76. The van der Waals surface area contributed by atoms with E-state index in [-0.39, 0.29) is 45.7 Å². The van der Waals surface area contributed by atoms with Crippen molar-refractivity contribution >= 4 is 5.78 Å². The second kappa shape index (κ2) is 8.28. The molecule has 0 saturated heterocycles. The maximum atomic E-state index is 12.9. The van der Waals surface area contributed by atoms with Crippen LogP contribution in [0.1, 0.15) is 113 Å². The van der Waals surface area contributed by atoms with Gasteiger partial charge in [-0.1, -0.05) is 61.3 Å². The Balaban J connectivity index is 1.69. The Hall–Kier alpha value is -0.450. The molecule has 4 aliphatic carbocycles. The maximum absolute atomic E-state index is 12.9. The van der Waals surface area contributed by atoms with Crippen LogP contribution < -0.4 is 0 Å². The molecule has 0 bridgehead atoms. The molecule has 0 aliphatic heterocycles. The summed E-state index contributed by atoms with van der Waals surface area (Å²) in [5.74, 6) is 1.24. The van der Waals surface area contributed by atoms with Crippen molar-refractivity contribution < 1.29 is 20.1 Å². The first-order valence-corrected chi connectivity index (χ1v) is 14.1. The molecule has 4 heteroatoms. The minimum atomic E-state index is -0.777. The van der Waals surface area contributed by atoms with Crippen LogP contribution in [0.3, 0.4) is 0 Å². The van der Waals surface area contributed by atoms with E-state index in [1.54, 1.807) is 0 Å². The van der Waals surface area contributed by atoms with Gasteiger partial charge in [0.15, 0.2) is 0 Å². The summed E-state index contributed by atoms with van der Waals surface area (Å²) in [6.07, 6.45) is 6.69. The van der Waals surface area contributed by atoms with Crippen LogP contribution in [-0.4, -0.2) is 38.9 Å². The van der Waals surface area contributed by atoms with Gasteiger partial charge in [-0.25, -0.2) is 0 Å². The van der Waals surface area contributed by atoms with Crippen molar-refractivity contribution in [1.29, 1.82) is 0 Å². The molecule has 0 amide bonds. The van der Waals surface area contributed by atoms with Gasteiger partial charge in [0.05, 0.1) is 17.8 Å². The largest absolute Gasteiger partial charge is 0.393 e. The second-order valence-electron chi connectivity index (χ2n) is 14.9. The zero-order valence-corrected chi connectivity index (χ0v) is 23.2. The zero-order valence-electron chi connectivity index (χ0n) is 23.2. The predicted molar refractivity (Wildman–Crippen MR) is 136 cm³/mol. The lowest BCUT2D eigenvalue weighted by molar-refractivity contribution is -0.258. The van der Waals surface area contributed by atoms with Crippen molar-refractivity contribution in [3.8, 4) is 0 Å². The Morgan fingerprint density at radius 1 is 1.03 bits per heavy atom. The molecule has 0 spiro atoms. The molecule has 0 aromatic carbocycles. The van der Waals surface area contributed by atoms with Gasteiger partial charge in [0, 0.05) is 17.8 Å². The topological polar surface area (TPSA) is 77.8 Å². The Bertz CT molecular complexity index is 802. The van der Waals surface area contributed by atoms with Crippen LogP contribution in [0, 0.1) is 51.2 Å². The van der Waals surface area contributed by atoms with Crippen LogP contribution >= 0.6 is 0 Å². The first-order valence-electron chi connectivity index (χ1n) is 14.1. The standard InChI is InChI=1S/C30H52O4/c1-18(2)10-9-13-30(8,34)19-11-15-28(6)24(19)20(31)16-22-27(5)14-12-23(33)26(3,4)25(27)21(32)17-29(22,28)7/h18-22,24-25,31-32,34H,9-17H2,1-8H3/t19-,20+,21-,22+,24-,25-,27+,28+,29+,30-/m0/s1. The molecule has 0 aromatic heterocycles. The molecule has 4 nitrogen and oxygen atoms in total. The molecule has 4 fully saturated rings. The summed E-state index contributed by atoms with van der Waals surface area (Å²) in [4.78, 5) is 12.9. The molecule has 0 heterocycles. The Labute approximate surface area is 208 Å². The first-order chi connectivity index (χ1) is 15.5. The fourth-order valence-electron chi connectivity index (χ4n) is 10.5. The third-order valence-electron chi connectivity index (χ3n) is 12.3. The summed E-state index contributed by atoms with van der Waals surface area (Å²) < 4.78 is 0. The second-order valence-corrected chi connectivity index (χ2v) is 14.9. The highest BCUT2D eigenvalue weighted by molar-refractivity contribution is 5.85. The number of Topliss-reactive ketones (excluding diaryl/α,β-unsaturated/α-hetero) is 1. The number of aliphatic hydroxyl groups is 3. The molecule has 0 unspecified atom stereocenters. The summed E-state index contributed by atoms with van der Waals surface area (Å²) in [6, 6.07) is 0. The fourth-order valence-corrected chi connectivity index (χ4v) is 10.5. The summed E-state index contributed by atoms with van der Waals surface area (Å²) in [6.45, 7) is 17.6. The van der Waals surface area contributed by atoms with Crippen molar-refractivity contribution in [3.05, 3.63) is 0 Å². The number of carbonyl (C=O) groups is 1. The van der Waals surface area contributed by atoms with E-state index >= 15 is 0 Å². The average molecular weight is 477 g/mol. The van der Waals surface area contributed by atoms with E-state index in [1.165, 1.54) is 0 Å². The molecule has 196 valence electrons. The number of hydrogen-bond acceptors (Lipinski definition) is 4. The lowest BCUT2D eigenvalue weighted by atomic mass is 9.34. The zero-order chi connectivity index (χ0) is 25.5. The van der Waals surface area contributed by atoms with Crippen molar-refractivity contribution in [2.45, 2.75) is 131 Å². The fraction of sp³-hybridized carbons (Fsp3) is 0.967. The first kappa shape index (κ1) is 26.6. The Morgan fingerprint density at radius 2 is 1.68 bits per heavy atom. The maximum Gasteiger partial charge on any atom is 0.138 e. The minimum Gasteiger partial charge on any atom is -0.393 e. The van der Waals surface area contributed by atoms with Gasteiger partial charge in [-0.2, -0.15) is 0 Å². The molecular formula is C30H52O4. The van der Waals surface area contributed by atoms with Crippen LogP contribution in [0.2, 0.25) is 0 Å².